The minimum Gasteiger partial charge on any atom is -0.493 e. The van der Waals surface area contributed by atoms with Gasteiger partial charge in [0, 0.05) is 25.7 Å². The summed E-state index contributed by atoms with van der Waals surface area (Å²) in [7, 11) is 0. The smallest absolute Gasteiger partial charge is 0.123 e. The van der Waals surface area contributed by atoms with Gasteiger partial charge in [-0.3, -0.25) is 0 Å². The standard InChI is InChI=1S/C13H17FO3/c14-12-1-3-13(4-2-12)17-9-11(7-15)10-5-6-16-8-10/h1-4,10-11,15H,5-9H2. The summed E-state index contributed by atoms with van der Waals surface area (Å²) in [6.07, 6.45) is 0.970. The molecule has 0 bridgehead atoms. The summed E-state index contributed by atoms with van der Waals surface area (Å²) in [4.78, 5) is 0. The van der Waals surface area contributed by atoms with E-state index in [1.165, 1.54) is 12.1 Å². The molecule has 1 aromatic rings. The summed E-state index contributed by atoms with van der Waals surface area (Å²) < 4.78 is 23.5. The van der Waals surface area contributed by atoms with E-state index in [1.54, 1.807) is 12.1 Å². The van der Waals surface area contributed by atoms with Crippen LogP contribution in [0.5, 0.6) is 5.75 Å². The molecule has 0 aromatic heterocycles. The molecule has 1 heterocycles. The van der Waals surface area contributed by atoms with Crippen molar-refractivity contribution in [3.63, 3.8) is 0 Å². The third-order valence-electron chi connectivity index (χ3n) is 3.14. The number of benzene rings is 1. The fourth-order valence-electron chi connectivity index (χ4n) is 2.00. The van der Waals surface area contributed by atoms with E-state index in [-0.39, 0.29) is 18.3 Å². The van der Waals surface area contributed by atoms with Gasteiger partial charge in [0.05, 0.1) is 6.61 Å². The number of halogens is 1. The van der Waals surface area contributed by atoms with Gasteiger partial charge in [-0.15, -0.1) is 0 Å². The zero-order valence-electron chi connectivity index (χ0n) is 9.64. The van der Waals surface area contributed by atoms with Crippen LogP contribution >= 0.6 is 0 Å². The van der Waals surface area contributed by atoms with Crippen molar-refractivity contribution >= 4 is 0 Å². The predicted octanol–water partition coefficient (Wildman–Crippen LogP) is 1.85. The van der Waals surface area contributed by atoms with Gasteiger partial charge in [0.25, 0.3) is 0 Å². The van der Waals surface area contributed by atoms with E-state index in [4.69, 9.17) is 9.47 Å². The zero-order chi connectivity index (χ0) is 12.1. The molecule has 94 valence electrons. The Balaban J connectivity index is 1.84. The van der Waals surface area contributed by atoms with E-state index in [2.05, 4.69) is 0 Å². The number of rotatable bonds is 5. The molecule has 1 saturated heterocycles. The molecule has 4 heteroatoms. The largest absolute Gasteiger partial charge is 0.493 e. The Hall–Kier alpha value is -1.13. The van der Waals surface area contributed by atoms with Gasteiger partial charge in [-0.05, 0) is 36.6 Å². The van der Waals surface area contributed by atoms with Crippen LogP contribution in [0.25, 0.3) is 0 Å². The maximum atomic E-state index is 12.7. The number of aliphatic hydroxyl groups excluding tert-OH is 1. The Labute approximate surface area is 100 Å². The highest BCUT2D eigenvalue weighted by Gasteiger charge is 2.25. The van der Waals surface area contributed by atoms with Gasteiger partial charge in [-0.25, -0.2) is 4.39 Å². The second kappa shape index (κ2) is 5.98. The third kappa shape index (κ3) is 3.41. The van der Waals surface area contributed by atoms with Crippen molar-refractivity contribution in [3.8, 4) is 5.75 Å². The molecule has 0 saturated carbocycles. The molecule has 2 rings (SSSR count). The SMILES string of the molecule is OCC(COc1ccc(F)cc1)C1CCOC1. The highest BCUT2D eigenvalue weighted by Crippen LogP contribution is 2.23. The van der Waals surface area contributed by atoms with Crippen LogP contribution in [0.2, 0.25) is 0 Å². The van der Waals surface area contributed by atoms with E-state index in [9.17, 15) is 9.50 Å². The molecule has 2 unspecified atom stereocenters. The van der Waals surface area contributed by atoms with Crippen LogP contribution in [0.3, 0.4) is 0 Å². The van der Waals surface area contributed by atoms with Gasteiger partial charge in [-0.2, -0.15) is 0 Å². The van der Waals surface area contributed by atoms with Crippen molar-refractivity contribution in [3.05, 3.63) is 30.1 Å². The normalized spacial score (nSPS) is 21.4. The summed E-state index contributed by atoms with van der Waals surface area (Å²) in [6, 6.07) is 5.91. The lowest BCUT2D eigenvalue weighted by molar-refractivity contribution is 0.102. The predicted molar refractivity (Wildman–Crippen MR) is 61.4 cm³/mol. The lowest BCUT2D eigenvalue weighted by Gasteiger charge is -2.20. The fraction of sp³-hybridized carbons (Fsp3) is 0.538. The summed E-state index contributed by atoms with van der Waals surface area (Å²) >= 11 is 0. The highest BCUT2D eigenvalue weighted by molar-refractivity contribution is 5.22. The molecule has 0 spiro atoms. The third-order valence-corrected chi connectivity index (χ3v) is 3.14. The number of aliphatic hydroxyl groups is 1. The number of ether oxygens (including phenoxy) is 2. The highest BCUT2D eigenvalue weighted by atomic mass is 19.1. The lowest BCUT2D eigenvalue weighted by Crippen LogP contribution is -2.25. The minimum atomic E-state index is -0.278. The van der Waals surface area contributed by atoms with Gasteiger partial charge in [0.15, 0.2) is 0 Å². The topological polar surface area (TPSA) is 38.7 Å². The molecule has 0 radical (unpaired) electrons. The second-order valence-corrected chi connectivity index (χ2v) is 4.33. The Morgan fingerprint density at radius 1 is 1.41 bits per heavy atom. The lowest BCUT2D eigenvalue weighted by atomic mass is 9.93. The first-order valence-electron chi connectivity index (χ1n) is 5.86. The van der Waals surface area contributed by atoms with E-state index in [0.717, 1.165) is 13.0 Å². The van der Waals surface area contributed by atoms with Crippen molar-refractivity contribution in [2.75, 3.05) is 26.4 Å². The molecule has 1 aliphatic heterocycles. The Kier molecular flexibility index (Phi) is 4.34. The fourth-order valence-corrected chi connectivity index (χ4v) is 2.00. The maximum Gasteiger partial charge on any atom is 0.123 e. The molecule has 0 amide bonds. The van der Waals surface area contributed by atoms with Gasteiger partial charge >= 0.3 is 0 Å². The molecule has 1 aliphatic rings. The number of hydrogen-bond donors (Lipinski definition) is 1. The van der Waals surface area contributed by atoms with Gasteiger partial charge in [0.2, 0.25) is 0 Å². The first-order chi connectivity index (χ1) is 8.29. The van der Waals surface area contributed by atoms with Gasteiger partial charge < -0.3 is 14.6 Å². The van der Waals surface area contributed by atoms with Crippen LogP contribution in [-0.2, 0) is 4.74 Å². The van der Waals surface area contributed by atoms with Gasteiger partial charge in [-0.1, -0.05) is 0 Å². The van der Waals surface area contributed by atoms with Crippen molar-refractivity contribution in [2.45, 2.75) is 6.42 Å². The van der Waals surface area contributed by atoms with Crippen LogP contribution in [0, 0.1) is 17.7 Å². The van der Waals surface area contributed by atoms with Crippen molar-refractivity contribution in [1.29, 1.82) is 0 Å². The monoisotopic (exact) mass is 240 g/mol. The molecule has 1 fully saturated rings. The Morgan fingerprint density at radius 2 is 2.18 bits per heavy atom. The molecule has 0 aliphatic carbocycles. The molecule has 17 heavy (non-hydrogen) atoms. The van der Waals surface area contributed by atoms with Crippen LogP contribution < -0.4 is 4.74 Å². The molecule has 2 atom stereocenters. The van der Waals surface area contributed by atoms with E-state index >= 15 is 0 Å². The summed E-state index contributed by atoms with van der Waals surface area (Å²) in [5.74, 6) is 0.798. The van der Waals surface area contributed by atoms with E-state index in [1.807, 2.05) is 0 Å². The number of hydrogen-bond acceptors (Lipinski definition) is 3. The van der Waals surface area contributed by atoms with Crippen LogP contribution in [0.1, 0.15) is 6.42 Å². The first-order valence-corrected chi connectivity index (χ1v) is 5.86. The summed E-state index contributed by atoms with van der Waals surface area (Å²) in [5.41, 5.74) is 0. The minimum absolute atomic E-state index is 0.0857. The van der Waals surface area contributed by atoms with Crippen molar-refractivity contribution in [2.24, 2.45) is 11.8 Å². The van der Waals surface area contributed by atoms with Crippen molar-refractivity contribution in [1.82, 2.24) is 0 Å². The van der Waals surface area contributed by atoms with Crippen LogP contribution in [0.15, 0.2) is 24.3 Å². The van der Waals surface area contributed by atoms with Crippen LogP contribution in [0.4, 0.5) is 4.39 Å². The average Bonchev–Trinajstić information content (AvgIpc) is 2.86. The summed E-state index contributed by atoms with van der Waals surface area (Å²) in [5, 5.41) is 9.31. The molecule has 1 aromatic carbocycles. The Morgan fingerprint density at radius 3 is 2.76 bits per heavy atom. The van der Waals surface area contributed by atoms with Gasteiger partial charge in [0.1, 0.15) is 11.6 Å². The van der Waals surface area contributed by atoms with E-state index in [0.29, 0.717) is 24.9 Å². The average molecular weight is 240 g/mol. The van der Waals surface area contributed by atoms with E-state index < -0.39 is 0 Å². The first kappa shape index (κ1) is 12.3. The summed E-state index contributed by atoms with van der Waals surface area (Å²) in [6.45, 7) is 1.99. The zero-order valence-corrected chi connectivity index (χ0v) is 9.64. The second-order valence-electron chi connectivity index (χ2n) is 4.33. The Bertz CT molecular complexity index is 333. The molecular weight excluding hydrogens is 223 g/mol. The molecule has 1 N–H and O–H groups in total. The molecular formula is C13H17FO3. The van der Waals surface area contributed by atoms with Crippen LogP contribution in [-0.4, -0.2) is 31.5 Å². The van der Waals surface area contributed by atoms with Crippen molar-refractivity contribution < 1.29 is 19.0 Å². The molecule has 3 nitrogen and oxygen atoms in total. The maximum absolute atomic E-state index is 12.7. The quantitative estimate of drug-likeness (QED) is 0.853.